The monoisotopic (exact) mass is 197 g/mol. The average molecular weight is 197 g/mol. The van der Waals surface area contributed by atoms with Gasteiger partial charge in [0.2, 0.25) is 0 Å². The quantitative estimate of drug-likeness (QED) is 0.625. The van der Waals surface area contributed by atoms with Gasteiger partial charge in [-0.1, -0.05) is 33.1 Å². The van der Waals surface area contributed by atoms with Crippen molar-refractivity contribution in [2.75, 3.05) is 19.6 Å². The van der Waals surface area contributed by atoms with Crippen molar-refractivity contribution in [1.82, 2.24) is 4.90 Å². The number of carbonyl (C=O) groups excluding carboxylic acids is 1. The van der Waals surface area contributed by atoms with Crippen LogP contribution in [-0.2, 0) is 4.79 Å². The highest BCUT2D eigenvalue weighted by Crippen LogP contribution is 2.29. The van der Waals surface area contributed by atoms with E-state index in [1.807, 2.05) is 0 Å². The molecule has 1 rings (SSSR count). The van der Waals surface area contributed by atoms with E-state index >= 15 is 0 Å². The highest BCUT2D eigenvalue weighted by atomic mass is 16.1. The molecule has 0 bridgehead atoms. The van der Waals surface area contributed by atoms with E-state index in [2.05, 4.69) is 18.7 Å². The first-order chi connectivity index (χ1) is 6.76. The van der Waals surface area contributed by atoms with E-state index in [0.29, 0.717) is 5.78 Å². The van der Waals surface area contributed by atoms with Crippen LogP contribution in [0.3, 0.4) is 0 Å². The van der Waals surface area contributed by atoms with Crippen LogP contribution in [0.25, 0.3) is 0 Å². The van der Waals surface area contributed by atoms with Gasteiger partial charge in [0.25, 0.3) is 0 Å². The summed E-state index contributed by atoms with van der Waals surface area (Å²) in [6.45, 7) is 7.39. The first kappa shape index (κ1) is 11.7. The molecule has 14 heavy (non-hydrogen) atoms. The van der Waals surface area contributed by atoms with Crippen LogP contribution in [-0.4, -0.2) is 30.3 Å². The fraction of sp³-hybridized carbons (Fsp3) is 0.917. The van der Waals surface area contributed by atoms with Gasteiger partial charge in [-0.05, 0) is 19.0 Å². The van der Waals surface area contributed by atoms with Gasteiger partial charge in [0.05, 0.1) is 0 Å². The predicted octanol–water partition coefficient (Wildman–Crippen LogP) is 2.48. The molecule has 0 spiro atoms. The van der Waals surface area contributed by atoms with Crippen LogP contribution >= 0.6 is 0 Å². The molecular weight excluding hydrogens is 174 g/mol. The molecule has 1 aliphatic rings. The van der Waals surface area contributed by atoms with Gasteiger partial charge in [0, 0.05) is 19.4 Å². The van der Waals surface area contributed by atoms with E-state index in [1.54, 1.807) is 0 Å². The summed E-state index contributed by atoms with van der Waals surface area (Å²) in [5.74, 6) is 1.21. The van der Waals surface area contributed by atoms with Crippen LogP contribution in [0.15, 0.2) is 0 Å². The molecule has 0 aromatic carbocycles. The zero-order valence-corrected chi connectivity index (χ0v) is 9.59. The van der Waals surface area contributed by atoms with E-state index in [9.17, 15) is 4.79 Å². The molecule has 0 radical (unpaired) electrons. The number of nitrogens with zero attached hydrogens (tertiary/aromatic N) is 1. The Morgan fingerprint density at radius 3 is 2.36 bits per heavy atom. The smallest absolute Gasteiger partial charge is 0.134 e. The largest absolute Gasteiger partial charge is 0.303 e. The summed E-state index contributed by atoms with van der Waals surface area (Å²) in [7, 11) is 0. The Hall–Kier alpha value is -0.370. The maximum atomic E-state index is 11.6. The molecule has 0 aromatic heterocycles. The van der Waals surface area contributed by atoms with Gasteiger partial charge in [0.1, 0.15) is 5.78 Å². The molecule has 82 valence electrons. The lowest BCUT2D eigenvalue weighted by atomic mass is 9.81. The van der Waals surface area contributed by atoms with Crippen molar-refractivity contribution in [2.24, 2.45) is 5.92 Å². The fourth-order valence-corrected chi connectivity index (χ4v) is 1.94. The van der Waals surface area contributed by atoms with E-state index < -0.39 is 0 Å². The summed E-state index contributed by atoms with van der Waals surface area (Å²) in [5, 5.41) is 0. The first-order valence-corrected chi connectivity index (χ1v) is 6.00. The Morgan fingerprint density at radius 2 is 1.93 bits per heavy atom. The standard InChI is InChI=1S/C12H23NO/c1-3-13(4-2)9-8-12(14)10-11-6-5-7-11/h11H,3-10H2,1-2H3. The lowest BCUT2D eigenvalue weighted by Crippen LogP contribution is -2.26. The van der Waals surface area contributed by atoms with E-state index in [-0.39, 0.29) is 0 Å². The Kier molecular flexibility index (Phi) is 5.16. The van der Waals surface area contributed by atoms with Gasteiger partial charge in [-0.15, -0.1) is 0 Å². The molecule has 0 aromatic rings. The third-order valence-corrected chi connectivity index (χ3v) is 3.34. The van der Waals surface area contributed by atoms with Crippen molar-refractivity contribution in [3.8, 4) is 0 Å². The molecule has 2 nitrogen and oxygen atoms in total. The summed E-state index contributed by atoms with van der Waals surface area (Å²) >= 11 is 0. The number of ketones is 1. The second-order valence-corrected chi connectivity index (χ2v) is 4.32. The zero-order chi connectivity index (χ0) is 10.4. The van der Waals surface area contributed by atoms with Crippen LogP contribution in [0.2, 0.25) is 0 Å². The molecule has 1 aliphatic carbocycles. The van der Waals surface area contributed by atoms with Crippen molar-refractivity contribution >= 4 is 5.78 Å². The number of Topliss-reactive ketones (excluding diaryl/α,β-unsaturated/α-hetero) is 1. The maximum absolute atomic E-state index is 11.6. The first-order valence-electron chi connectivity index (χ1n) is 6.00. The summed E-state index contributed by atoms with van der Waals surface area (Å²) in [6.07, 6.45) is 5.53. The number of carbonyl (C=O) groups is 1. The Morgan fingerprint density at radius 1 is 1.29 bits per heavy atom. The lowest BCUT2D eigenvalue weighted by Gasteiger charge is -2.25. The molecule has 2 heteroatoms. The minimum atomic E-state index is 0.474. The lowest BCUT2D eigenvalue weighted by molar-refractivity contribution is -0.120. The van der Waals surface area contributed by atoms with Crippen LogP contribution in [0.4, 0.5) is 0 Å². The predicted molar refractivity (Wildman–Crippen MR) is 59.4 cm³/mol. The summed E-state index contributed by atoms with van der Waals surface area (Å²) in [4.78, 5) is 13.9. The molecule has 0 heterocycles. The summed E-state index contributed by atoms with van der Waals surface area (Å²) in [5.41, 5.74) is 0. The molecule has 0 saturated heterocycles. The Balaban J connectivity index is 2.07. The van der Waals surface area contributed by atoms with E-state index in [0.717, 1.165) is 38.4 Å². The summed E-state index contributed by atoms with van der Waals surface area (Å²) < 4.78 is 0. The molecule has 1 saturated carbocycles. The number of rotatable bonds is 7. The van der Waals surface area contributed by atoms with Crippen molar-refractivity contribution in [2.45, 2.75) is 46.0 Å². The molecule has 0 aliphatic heterocycles. The molecule has 1 fully saturated rings. The van der Waals surface area contributed by atoms with Gasteiger partial charge < -0.3 is 4.90 Å². The second kappa shape index (κ2) is 6.18. The maximum Gasteiger partial charge on any atom is 0.134 e. The summed E-state index contributed by atoms with van der Waals surface area (Å²) in [6, 6.07) is 0. The van der Waals surface area contributed by atoms with Crippen molar-refractivity contribution < 1.29 is 4.79 Å². The van der Waals surface area contributed by atoms with Gasteiger partial charge in [-0.2, -0.15) is 0 Å². The van der Waals surface area contributed by atoms with Crippen molar-refractivity contribution in [1.29, 1.82) is 0 Å². The average Bonchev–Trinajstić information content (AvgIpc) is 2.13. The van der Waals surface area contributed by atoms with Gasteiger partial charge in [-0.3, -0.25) is 4.79 Å². The van der Waals surface area contributed by atoms with Gasteiger partial charge in [-0.25, -0.2) is 0 Å². The molecule has 0 unspecified atom stereocenters. The number of hydrogen-bond acceptors (Lipinski definition) is 2. The SMILES string of the molecule is CCN(CC)CCC(=O)CC1CCC1. The van der Waals surface area contributed by atoms with Gasteiger partial charge in [0.15, 0.2) is 0 Å². The molecule has 0 amide bonds. The third-order valence-electron chi connectivity index (χ3n) is 3.34. The Labute approximate surface area is 87.7 Å². The minimum absolute atomic E-state index is 0.474. The third kappa shape index (κ3) is 3.79. The van der Waals surface area contributed by atoms with Crippen LogP contribution < -0.4 is 0 Å². The molecule has 0 atom stereocenters. The van der Waals surface area contributed by atoms with Gasteiger partial charge >= 0.3 is 0 Å². The van der Waals surface area contributed by atoms with Crippen molar-refractivity contribution in [3.05, 3.63) is 0 Å². The number of hydrogen-bond donors (Lipinski definition) is 0. The Bertz CT molecular complexity index is 171. The normalized spacial score (nSPS) is 17.1. The highest BCUT2D eigenvalue weighted by molar-refractivity contribution is 5.78. The molecule has 0 N–H and O–H groups in total. The van der Waals surface area contributed by atoms with Crippen LogP contribution in [0.1, 0.15) is 46.0 Å². The zero-order valence-electron chi connectivity index (χ0n) is 9.59. The van der Waals surface area contributed by atoms with E-state index in [4.69, 9.17) is 0 Å². The topological polar surface area (TPSA) is 20.3 Å². The van der Waals surface area contributed by atoms with Crippen LogP contribution in [0.5, 0.6) is 0 Å². The molecular formula is C12H23NO. The highest BCUT2D eigenvalue weighted by Gasteiger charge is 2.20. The van der Waals surface area contributed by atoms with E-state index in [1.165, 1.54) is 19.3 Å². The fourth-order valence-electron chi connectivity index (χ4n) is 1.94. The van der Waals surface area contributed by atoms with Crippen LogP contribution in [0, 0.1) is 5.92 Å². The second-order valence-electron chi connectivity index (χ2n) is 4.32. The minimum Gasteiger partial charge on any atom is -0.303 e. The van der Waals surface area contributed by atoms with Crippen molar-refractivity contribution in [3.63, 3.8) is 0 Å².